The molecule has 0 aliphatic carbocycles. The third-order valence-electron chi connectivity index (χ3n) is 3.71. The molecule has 124 valence electrons. The Bertz CT molecular complexity index is 1010. The molecule has 1 N–H and O–H groups in total. The average Bonchev–Trinajstić information content (AvgIpc) is 2.95. The summed E-state index contributed by atoms with van der Waals surface area (Å²) in [6.45, 7) is 1.95. The summed E-state index contributed by atoms with van der Waals surface area (Å²) in [6.07, 6.45) is 0. The first-order chi connectivity index (χ1) is 12.0. The van der Waals surface area contributed by atoms with Crippen molar-refractivity contribution in [3.8, 4) is 17.3 Å². The zero-order chi connectivity index (χ0) is 18.0. The van der Waals surface area contributed by atoms with Crippen molar-refractivity contribution in [2.45, 2.75) is 6.92 Å². The molecule has 1 aromatic heterocycles. The van der Waals surface area contributed by atoms with Gasteiger partial charge in [-0.2, -0.15) is 40.2 Å². The van der Waals surface area contributed by atoms with E-state index in [0.29, 0.717) is 5.82 Å². The zero-order valence-corrected chi connectivity index (χ0v) is 17.8. The van der Waals surface area contributed by atoms with Gasteiger partial charge in [0.2, 0.25) is 0 Å². The van der Waals surface area contributed by atoms with Crippen LogP contribution in [0.5, 0.6) is 0 Å². The standard InChI is InChI=1S/C19H14FN4O.K/c1-12-4-3-5-13(8-12)17-10-18(23-24(17)2)22-19(25)14-6-7-15(11-21)16(20)9-14;/h3,5-10H,1-2H3,(H,22,23,25);/q-1;+1. The molecule has 26 heavy (non-hydrogen) atoms. The van der Waals surface area contributed by atoms with E-state index < -0.39 is 11.7 Å². The summed E-state index contributed by atoms with van der Waals surface area (Å²) in [4.78, 5) is 12.3. The number of carbonyl (C=O) groups is 1. The Morgan fingerprint density at radius 1 is 1.31 bits per heavy atom. The number of hydrogen-bond donors (Lipinski definition) is 1. The Kier molecular flexibility index (Phi) is 6.86. The van der Waals surface area contributed by atoms with E-state index in [1.165, 1.54) is 12.1 Å². The van der Waals surface area contributed by atoms with E-state index >= 15 is 0 Å². The van der Waals surface area contributed by atoms with Crippen LogP contribution in [0.25, 0.3) is 11.3 Å². The van der Waals surface area contributed by atoms with Gasteiger partial charge >= 0.3 is 51.4 Å². The molecule has 3 rings (SSSR count). The number of carbonyl (C=O) groups excluding carboxylic acids is 1. The fourth-order valence-corrected chi connectivity index (χ4v) is 2.48. The number of rotatable bonds is 3. The van der Waals surface area contributed by atoms with Gasteiger partial charge in [-0.1, -0.05) is 6.92 Å². The fourth-order valence-electron chi connectivity index (χ4n) is 2.48. The van der Waals surface area contributed by atoms with Crippen LogP contribution in [0, 0.1) is 30.1 Å². The van der Waals surface area contributed by atoms with Crippen molar-refractivity contribution in [1.29, 1.82) is 5.26 Å². The van der Waals surface area contributed by atoms with Gasteiger partial charge in [-0.25, -0.2) is 4.39 Å². The first kappa shape index (κ1) is 20.5. The Labute approximate surface area is 193 Å². The topological polar surface area (TPSA) is 70.7 Å². The number of nitrogens with one attached hydrogen (secondary N) is 1. The van der Waals surface area contributed by atoms with Crippen molar-refractivity contribution in [2.75, 3.05) is 5.32 Å². The maximum Gasteiger partial charge on any atom is 1.00 e. The number of halogens is 1. The number of aromatic nitrogens is 2. The molecule has 0 saturated carbocycles. The maximum absolute atomic E-state index is 13.7. The predicted molar refractivity (Wildman–Crippen MR) is 91.3 cm³/mol. The summed E-state index contributed by atoms with van der Waals surface area (Å²) >= 11 is 0. The number of aryl methyl sites for hydroxylation is 2. The van der Waals surface area contributed by atoms with Crippen molar-refractivity contribution in [1.82, 2.24) is 9.78 Å². The van der Waals surface area contributed by atoms with Crippen molar-refractivity contribution in [2.24, 2.45) is 7.05 Å². The predicted octanol–water partition coefficient (Wildman–Crippen LogP) is 0.463. The Morgan fingerprint density at radius 3 is 2.73 bits per heavy atom. The minimum absolute atomic E-state index is 0. The summed E-state index contributed by atoms with van der Waals surface area (Å²) in [5.41, 5.74) is 2.80. The van der Waals surface area contributed by atoms with Crippen molar-refractivity contribution < 1.29 is 60.6 Å². The maximum atomic E-state index is 13.7. The first-order valence-electron chi connectivity index (χ1n) is 7.51. The molecule has 0 radical (unpaired) electrons. The molecule has 1 heterocycles. The van der Waals surface area contributed by atoms with E-state index in [9.17, 15) is 9.18 Å². The molecule has 0 saturated heterocycles. The molecule has 5 nitrogen and oxygen atoms in total. The average molecular weight is 372 g/mol. The molecule has 0 unspecified atom stereocenters. The molecule has 0 aliphatic heterocycles. The Balaban J connectivity index is 0.00000243. The molecule has 3 aromatic rings. The molecule has 7 heteroatoms. The van der Waals surface area contributed by atoms with Crippen LogP contribution >= 0.6 is 0 Å². The van der Waals surface area contributed by atoms with Gasteiger partial charge in [0.1, 0.15) is 11.9 Å². The van der Waals surface area contributed by atoms with Gasteiger partial charge < -0.3 is 5.32 Å². The summed E-state index contributed by atoms with van der Waals surface area (Å²) in [6, 6.07) is 16.0. The van der Waals surface area contributed by atoms with Gasteiger partial charge in [0, 0.05) is 24.4 Å². The third kappa shape index (κ3) is 4.47. The number of benzene rings is 2. The van der Waals surface area contributed by atoms with Crippen molar-refractivity contribution in [3.63, 3.8) is 0 Å². The van der Waals surface area contributed by atoms with Crippen LogP contribution in [-0.2, 0) is 7.05 Å². The van der Waals surface area contributed by atoms with Crippen LogP contribution in [0.15, 0.2) is 42.5 Å². The monoisotopic (exact) mass is 372 g/mol. The number of nitrogens with zero attached hydrogens (tertiary/aromatic N) is 3. The Morgan fingerprint density at radius 2 is 2.08 bits per heavy atom. The van der Waals surface area contributed by atoms with Gasteiger partial charge in [-0.15, -0.1) is 5.56 Å². The van der Waals surface area contributed by atoms with Crippen molar-refractivity contribution in [3.05, 3.63) is 71.0 Å². The minimum Gasteiger partial charge on any atom is -0.305 e. The van der Waals surface area contributed by atoms with E-state index in [4.69, 9.17) is 5.26 Å². The smallest absolute Gasteiger partial charge is 0.305 e. The molecule has 0 aliphatic rings. The number of hydrogen-bond acceptors (Lipinski definition) is 3. The minimum atomic E-state index is -0.729. The first-order valence-corrected chi connectivity index (χ1v) is 7.51. The second-order valence-corrected chi connectivity index (χ2v) is 5.56. The van der Waals surface area contributed by atoms with Crippen LogP contribution in [-0.4, -0.2) is 15.7 Å². The fraction of sp³-hybridized carbons (Fsp3) is 0.105. The molecule has 1 amide bonds. The van der Waals surface area contributed by atoms with Crippen LogP contribution in [0.1, 0.15) is 21.5 Å². The van der Waals surface area contributed by atoms with Crippen LogP contribution in [0.4, 0.5) is 10.2 Å². The van der Waals surface area contributed by atoms with E-state index in [1.54, 1.807) is 23.9 Å². The van der Waals surface area contributed by atoms with Gasteiger partial charge in [-0.05, 0) is 18.2 Å². The molecular weight excluding hydrogens is 358 g/mol. The van der Waals surface area contributed by atoms with Gasteiger partial charge in [0.15, 0.2) is 5.82 Å². The molecule has 0 spiro atoms. The number of nitriles is 1. The normalized spacial score (nSPS) is 9.92. The third-order valence-corrected chi connectivity index (χ3v) is 3.71. The van der Waals surface area contributed by atoms with E-state index in [1.807, 2.05) is 25.1 Å². The zero-order valence-electron chi connectivity index (χ0n) is 14.7. The molecular formula is C19H14FKN4O. The quantitative estimate of drug-likeness (QED) is 0.537. The van der Waals surface area contributed by atoms with Gasteiger partial charge in [0.05, 0.1) is 5.56 Å². The summed E-state index contributed by atoms with van der Waals surface area (Å²) < 4.78 is 15.3. The van der Waals surface area contributed by atoms with E-state index in [0.717, 1.165) is 22.9 Å². The van der Waals surface area contributed by atoms with Crippen LogP contribution < -0.4 is 56.7 Å². The largest absolute Gasteiger partial charge is 1.00 e. The van der Waals surface area contributed by atoms with E-state index in [-0.39, 0.29) is 62.5 Å². The SMILES string of the molecule is Cc1[c-]ccc(-c2cc(NC(=O)c3ccc(C#N)c(F)c3)nn2C)c1.[K+]. The molecule has 0 fully saturated rings. The van der Waals surface area contributed by atoms with E-state index in [2.05, 4.69) is 16.5 Å². The number of anilines is 1. The number of amides is 1. The second-order valence-electron chi connectivity index (χ2n) is 5.56. The summed E-state index contributed by atoms with van der Waals surface area (Å²) in [7, 11) is 1.78. The van der Waals surface area contributed by atoms with Gasteiger partial charge in [0.25, 0.3) is 5.91 Å². The molecule has 0 atom stereocenters. The van der Waals surface area contributed by atoms with Crippen molar-refractivity contribution >= 4 is 11.7 Å². The molecule has 2 aromatic carbocycles. The van der Waals surface area contributed by atoms with Gasteiger partial charge in [-0.3, -0.25) is 9.48 Å². The Hall–Kier alpha value is -1.82. The summed E-state index contributed by atoms with van der Waals surface area (Å²) in [5.74, 6) is -0.865. The second kappa shape index (κ2) is 8.71. The summed E-state index contributed by atoms with van der Waals surface area (Å²) in [5, 5.41) is 15.6. The molecule has 0 bridgehead atoms. The van der Waals surface area contributed by atoms with Crippen LogP contribution in [0.3, 0.4) is 0 Å². The van der Waals surface area contributed by atoms with Crippen LogP contribution in [0.2, 0.25) is 0 Å².